The number of carbonyl (C=O) groups excluding carboxylic acids is 2. The first kappa shape index (κ1) is 16.8. The maximum Gasteiger partial charge on any atom is 0.265 e. The van der Waals surface area contributed by atoms with Gasteiger partial charge in [0.2, 0.25) is 0 Å². The van der Waals surface area contributed by atoms with Crippen molar-refractivity contribution in [3.05, 3.63) is 94.9 Å². The van der Waals surface area contributed by atoms with E-state index in [1.807, 2.05) is 12.1 Å². The second kappa shape index (κ2) is 6.61. The number of imide groups is 1. The summed E-state index contributed by atoms with van der Waals surface area (Å²) in [4.78, 5) is 38.9. The minimum absolute atomic E-state index is 0.322. The lowest BCUT2D eigenvalue weighted by Crippen LogP contribution is -2.41. The largest absolute Gasteiger partial charge is 0.268 e. The summed E-state index contributed by atoms with van der Waals surface area (Å²) in [5.41, 5.74) is 1.85. The van der Waals surface area contributed by atoms with Crippen molar-refractivity contribution in [3.8, 4) is 0 Å². The number of amides is 2. The molecule has 0 aromatic heterocycles. The van der Waals surface area contributed by atoms with Crippen LogP contribution in [0.4, 0.5) is 5.69 Å². The monoisotopic (exact) mass is 356 g/mol. The maximum atomic E-state index is 13.2. The van der Waals surface area contributed by atoms with Gasteiger partial charge >= 0.3 is 0 Å². The van der Waals surface area contributed by atoms with E-state index in [1.54, 1.807) is 54.6 Å². The summed E-state index contributed by atoms with van der Waals surface area (Å²) < 4.78 is 0. The molecule has 0 fully saturated rings. The SMILES string of the molecule is C=CCC(N=O)c1ccccc1N1C(=O)c2cccc3cccc(c23)C1=O. The van der Waals surface area contributed by atoms with Crippen molar-refractivity contribution in [2.75, 3.05) is 4.90 Å². The zero-order chi connectivity index (χ0) is 19.0. The lowest BCUT2D eigenvalue weighted by molar-refractivity contribution is 0.0893. The summed E-state index contributed by atoms with van der Waals surface area (Å²) in [6.45, 7) is 3.66. The van der Waals surface area contributed by atoms with E-state index >= 15 is 0 Å². The molecule has 1 atom stereocenters. The van der Waals surface area contributed by atoms with Gasteiger partial charge in [0.05, 0.1) is 5.69 Å². The van der Waals surface area contributed by atoms with E-state index < -0.39 is 17.9 Å². The van der Waals surface area contributed by atoms with Crippen LogP contribution in [-0.2, 0) is 0 Å². The molecule has 0 spiro atoms. The van der Waals surface area contributed by atoms with Gasteiger partial charge in [0.15, 0.2) is 0 Å². The predicted molar refractivity (Wildman–Crippen MR) is 105 cm³/mol. The number of rotatable bonds is 5. The van der Waals surface area contributed by atoms with Crippen LogP contribution in [0.25, 0.3) is 10.8 Å². The summed E-state index contributed by atoms with van der Waals surface area (Å²) in [5.74, 6) is -0.806. The fourth-order valence-electron chi connectivity index (χ4n) is 3.61. The first-order valence-corrected chi connectivity index (χ1v) is 8.60. The van der Waals surface area contributed by atoms with Crippen LogP contribution < -0.4 is 4.90 Å². The summed E-state index contributed by atoms with van der Waals surface area (Å²) in [6.07, 6.45) is 1.92. The summed E-state index contributed by atoms with van der Waals surface area (Å²) >= 11 is 0. The molecule has 1 aliphatic rings. The molecular weight excluding hydrogens is 340 g/mol. The van der Waals surface area contributed by atoms with Gasteiger partial charge in [0.25, 0.3) is 11.8 Å². The Kier molecular flexibility index (Phi) is 4.12. The topological polar surface area (TPSA) is 66.8 Å². The van der Waals surface area contributed by atoms with Crippen molar-refractivity contribution in [1.29, 1.82) is 0 Å². The van der Waals surface area contributed by atoms with Gasteiger partial charge in [-0.2, -0.15) is 4.91 Å². The Morgan fingerprint density at radius 2 is 1.56 bits per heavy atom. The van der Waals surface area contributed by atoms with Crippen LogP contribution in [0.1, 0.15) is 38.7 Å². The standard InChI is InChI=1S/C22H16N2O3/c1-2-7-18(23-27)15-10-3-4-13-19(15)24-21(25)16-11-5-8-14-9-6-12-17(20(14)16)22(24)26/h2-6,8-13,18H,1,7H2. The highest BCUT2D eigenvalue weighted by Gasteiger charge is 2.35. The van der Waals surface area contributed by atoms with Gasteiger partial charge in [-0.25, -0.2) is 4.90 Å². The van der Waals surface area contributed by atoms with E-state index in [9.17, 15) is 14.5 Å². The van der Waals surface area contributed by atoms with E-state index in [0.29, 0.717) is 34.2 Å². The van der Waals surface area contributed by atoms with Gasteiger partial charge in [0, 0.05) is 22.1 Å². The van der Waals surface area contributed by atoms with Crippen LogP contribution in [0, 0.1) is 4.91 Å². The molecule has 0 saturated heterocycles. The molecule has 1 unspecified atom stereocenters. The Morgan fingerprint density at radius 1 is 0.926 bits per heavy atom. The molecule has 0 aliphatic carbocycles. The smallest absolute Gasteiger partial charge is 0.265 e. The Bertz CT molecular complexity index is 1050. The van der Waals surface area contributed by atoms with Crippen LogP contribution >= 0.6 is 0 Å². The molecule has 0 saturated carbocycles. The maximum absolute atomic E-state index is 13.2. The normalized spacial score (nSPS) is 14.3. The molecule has 27 heavy (non-hydrogen) atoms. The fraction of sp³-hybridized carbons (Fsp3) is 0.0909. The fourth-order valence-corrected chi connectivity index (χ4v) is 3.61. The number of carbonyl (C=O) groups is 2. The van der Waals surface area contributed by atoms with E-state index in [1.165, 1.54) is 0 Å². The van der Waals surface area contributed by atoms with Crippen molar-refractivity contribution < 1.29 is 9.59 Å². The van der Waals surface area contributed by atoms with Crippen LogP contribution in [0.3, 0.4) is 0 Å². The Labute approximate surface area is 155 Å². The van der Waals surface area contributed by atoms with Gasteiger partial charge in [-0.1, -0.05) is 53.7 Å². The quantitative estimate of drug-likeness (QED) is 0.366. The summed E-state index contributed by atoms with van der Waals surface area (Å²) in [5, 5.41) is 4.68. The molecule has 5 nitrogen and oxygen atoms in total. The Hall–Kier alpha value is -3.60. The van der Waals surface area contributed by atoms with Crippen LogP contribution in [0.2, 0.25) is 0 Å². The molecular formula is C22H16N2O3. The summed E-state index contributed by atoms with van der Waals surface area (Å²) in [7, 11) is 0. The Balaban J connectivity index is 1.93. The highest BCUT2D eigenvalue weighted by molar-refractivity contribution is 6.36. The third kappa shape index (κ3) is 2.56. The van der Waals surface area contributed by atoms with E-state index in [2.05, 4.69) is 11.8 Å². The van der Waals surface area contributed by atoms with Gasteiger partial charge in [-0.05, 0) is 30.0 Å². The van der Waals surface area contributed by atoms with E-state index in [-0.39, 0.29) is 0 Å². The van der Waals surface area contributed by atoms with Gasteiger partial charge in [-0.3, -0.25) is 9.59 Å². The van der Waals surface area contributed by atoms with Crippen molar-refractivity contribution in [3.63, 3.8) is 0 Å². The van der Waals surface area contributed by atoms with Crippen LogP contribution in [-0.4, -0.2) is 11.8 Å². The molecule has 1 aliphatic heterocycles. The van der Waals surface area contributed by atoms with Crippen molar-refractivity contribution in [1.82, 2.24) is 0 Å². The second-order valence-electron chi connectivity index (χ2n) is 6.36. The van der Waals surface area contributed by atoms with E-state index in [0.717, 1.165) is 10.3 Å². The number of benzene rings is 3. The highest BCUT2D eigenvalue weighted by atomic mass is 16.3. The molecule has 0 bridgehead atoms. The lowest BCUT2D eigenvalue weighted by Gasteiger charge is -2.29. The van der Waals surface area contributed by atoms with E-state index in [4.69, 9.17) is 0 Å². The Morgan fingerprint density at radius 3 is 2.15 bits per heavy atom. The number of nitrogens with zero attached hydrogens (tertiary/aromatic N) is 2. The molecule has 1 heterocycles. The zero-order valence-electron chi connectivity index (χ0n) is 14.5. The average molecular weight is 356 g/mol. The highest BCUT2D eigenvalue weighted by Crippen LogP contribution is 2.37. The second-order valence-corrected chi connectivity index (χ2v) is 6.36. The molecule has 5 heteroatoms. The molecule has 4 rings (SSSR count). The van der Waals surface area contributed by atoms with Crippen LogP contribution in [0.15, 0.2) is 78.5 Å². The summed E-state index contributed by atoms with van der Waals surface area (Å²) in [6, 6.07) is 16.9. The van der Waals surface area contributed by atoms with Gasteiger partial charge < -0.3 is 0 Å². The molecule has 3 aromatic carbocycles. The molecule has 2 amide bonds. The third-order valence-electron chi connectivity index (χ3n) is 4.83. The number of para-hydroxylation sites is 1. The molecule has 3 aromatic rings. The number of nitroso groups, excluding NO2 is 1. The third-order valence-corrected chi connectivity index (χ3v) is 4.83. The molecule has 0 radical (unpaired) electrons. The van der Waals surface area contributed by atoms with Crippen LogP contribution in [0.5, 0.6) is 0 Å². The number of hydrogen-bond donors (Lipinski definition) is 0. The first-order chi connectivity index (χ1) is 13.2. The number of hydrogen-bond acceptors (Lipinski definition) is 4. The minimum atomic E-state index is -0.715. The zero-order valence-corrected chi connectivity index (χ0v) is 14.5. The average Bonchev–Trinajstić information content (AvgIpc) is 2.71. The first-order valence-electron chi connectivity index (χ1n) is 8.60. The van der Waals surface area contributed by atoms with Gasteiger partial charge in [0.1, 0.15) is 6.04 Å². The van der Waals surface area contributed by atoms with Crippen molar-refractivity contribution in [2.24, 2.45) is 5.18 Å². The lowest BCUT2D eigenvalue weighted by atomic mass is 9.92. The number of anilines is 1. The predicted octanol–water partition coefficient (Wildman–Crippen LogP) is 5.02. The van der Waals surface area contributed by atoms with Gasteiger partial charge in [-0.15, -0.1) is 6.58 Å². The molecule has 0 N–H and O–H groups in total. The van der Waals surface area contributed by atoms with Crippen molar-refractivity contribution >= 4 is 28.3 Å². The minimum Gasteiger partial charge on any atom is -0.268 e. The molecule has 132 valence electrons. The van der Waals surface area contributed by atoms with Crippen molar-refractivity contribution in [2.45, 2.75) is 12.5 Å².